The zero-order chi connectivity index (χ0) is 11.0. The Morgan fingerprint density at radius 3 is 2.14 bits per heavy atom. The molecule has 0 aromatic heterocycles. The molecule has 2 N–H and O–H groups in total. The van der Waals surface area contributed by atoms with E-state index in [1.807, 2.05) is 38.1 Å². The van der Waals surface area contributed by atoms with E-state index in [0.717, 1.165) is 16.0 Å². The third-order valence-electron chi connectivity index (χ3n) is 1.63. The van der Waals surface area contributed by atoms with Gasteiger partial charge in [-0.15, -0.1) is 0 Å². The molecule has 76 valence electrons. The molecule has 0 atom stereocenters. The molecular weight excluding hydrogens is 190 g/mol. The van der Waals surface area contributed by atoms with Crippen LogP contribution in [0.5, 0.6) is 0 Å². The van der Waals surface area contributed by atoms with Gasteiger partial charge in [-0.2, -0.15) is 0 Å². The number of nitrogens with two attached hydrogens (primary N) is 1. The van der Waals surface area contributed by atoms with Gasteiger partial charge in [0.2, 0.25) is 0 Å². The highest BCUT2D eigenvalue weighted by molar-refractivity contribution is 7.97. The van der Waals surface area contributed by atoms with Crippen LogP contribution in [0.15, 0.2) is 36.3 Å². The molecule has 14 heavy (non-hydrogen) atoms. The Morgan fingerprint density at radius 1 is 1.14 bits per heavy atom. The van der Waals surface area contributed by atoms with Crippen molar-refractivity contribution in [2.24, 2.45) is 5.14 Å². The van der Waals surface area contributed by atoms with Crippen LogP contribution >= 0.6 is 11.9 Å². The summed E-state index contributed by atoms with van der Waals surface area (Å²) in [4.78, 5) is 1.04. The van der Waals surface area contributed by atoms with Crippen LogP contribution in [-0.4, -0.2) is 0 Å². The van der Waals surface area contributed by atoms with E-state index < -0.39 is 0 Å². The molecule has 0 aliphatic heterocycles. The minimum absolute atomic E-state index is 1.04. The second-order valence-corrected chi connectivity index (χ2v) is 3.02. The molecule has 0 heterocycles. The van der Waals surface area contributed by atoms with Gasteiger partial charge in [-0.25, -0.2) is 0 Å². The predicted molar refractivity (Wildman–Crippen MR) is 68.0 cm³/mol. The lowest BCUT2D eigenvalue weighted by Crippen LogP contribution is -1.84. The molecule has 1 nitrogen and oxygen atoms in total. The Balaban J connectivity index is 0.000000791. The van der Waals surface area contributed by atoms with Crippen LogP contribution in [0.4, 0.5) is 0 Å². The van der Waals surface area contributed by atoms with Gasteiger partial charge in [-0.05, 0) is 35.2 Å². The summed E-state index contributed by atoms with van der Waals surface area (Å²) in [6.45, 7) is 11.4. The minimum atomic E-state index is 1.04. The van der Waals surface area contributed by atoms with Crippen molar-refractivity contribution in [2.45, 2.75) is 18.7 Å². The Labute approximate surface area is 90.8 Å². The van der Waals surface area contributed by atoms with Crippen LogP contribution in [0.2, 0.25) is 0 Å². The summed E-state index contributed by atoms with van der Waals surface area (Å²) in [6.07, 6.45) is 3.61. The van der Waals surface area contributed by atoms with E-state index >= 15 is 0 Å². The highest BCUT2D eigenvalue weighted by Gasteiger charge is 1.96. The van der Waals surface area contributed by atoms with Crippen molar-refractivity contribution < 1.29 is 0 Å². The molecule has 0 aliphatic carbocycles. The fourth-order valence-electron chi connectivity index (χ4n) is 0.989. The highest BCUT2D eigenvalue weighted by Crippen LogP contribution is 2.19. The van der Waals surface area contributed by atoms with E-state index in [-0.39, 0.29) is 0 Å². The fourth-order valence-corrected chi connectivity index (χ4v) is 1.33. The van der Waals surface area contributed by atoms with Crippen LogP contribution < -0.4 is 5.14 Å². The summed E-state index contributed by atoms with van der Waals surface area (Å²) in [6, 6.07) is 5.95. The lowest BCUT2D eigenvalue weighted by molar-refractivity contribution is 1.43. The Morgan fingerprint density at radius 2 is 1.71 bits per heavy atom. The maximum Gasteiger partial charge on any atom is 0.0232 e. The first-order valence-corrected chi connectivity index (χ1v) is 5.45. The molecule has 0 amide bonds. The summed E-state index contributed by atoms with van der Waals surface area (Å²) < 4.78 is 0. The number of hydrogen-bond donors (Lipinski definition) is 1. The van der Waals surface area contributed by atoms with Gasteiger partial charge in [-0.1, -0.05) is 45.2 Å². The third-order valence-corrected chi connectivity index (χ3v) is 2.16. The van der Waals surface area contributed by atoms with E-state index in [0.29, 0.717) is 0 Å². The summed E-state index contributed by atoms with van der Waals surface area (Å²) in [7, 11) is 0. The van der Waals surface area contributed by atoms with Crippen molar-refractivity contribution in [1.82, 2.24) is 0 Å². The van der Waals surface area contributed by atoms with E-state index in [4.69, 9.17) is 5.14 Å². The minimum Gasteiger partial charge on any atom is -0.274 e. The van der Waals surface area contributed by atoms with Crippen molar-refractivity contribution >= 4 is 24.1 Å². The second kappa shape index (κ2) is 7.42. The van der Waals surface area contributed by atoms with Crippen LogP contribution in [0.1, 0.15) is 25.0 Å². The van der Waals surface area contributed by atoms with Crippen LogP contribution in [0.25, 0.3) is 12.2 Å². The number of hydrogen-bond acceptors (Lipinski definition) is 2. The normalized spacial score (nSPS) is 8.50. The van der Waals surface area contributed by atoms with Crippen molar-refractivity contribution in [3.8, 4) is 0 Å². The second-order valence-electron chi connectivity index (χ2n) is 2.32. The van der Waals surface area contributed by atoms with Crippen LogP contribution in [0.3, 0.4) is 0 Å². The van der Waals surface area contributed by atoms with Crippen molar-refractivity contribution in [1.29, 1.82) is 0 Å². The fraction of sp³-hybridized carbons (Fsp3) is 0.167. The summed E-state index contributed by atoms with van der Waals surface area (Å²) in [5.74, 6) is 0. The molecule has 1 rings (SSSR count). The van der Waals surface area contributed by atoms with Gasteiger partial charge in [0.05, 0.1) is 0 Å². The summed E-state index contributed by atoms with van der Waals surface area (Å²) in [5, 5.41) is 5.42. The molecule has 1 aromatic rings. The van der Waals surface area contributed by atoms with Gasteiger partial charge >= 0.3 is 0 Å². The quantitative estimate of drug-likeness (QED) is 0.759. The molecule has 0 radical (unpaired) electrons. The first kappa shape index (κ1) is 13.0. The molecule has 0 fully saturated rings. The lowest BCUT2D eigenvalue weighted by Gasteiger charge is -2.02. The molecule has 0 bridgehead atoms. The molecular formula is C12H17NS. The SMILES string of the molecule is C=Cc1ccc(SN)cc1C=C.CC. The molecule has 0 aliphatic rings. The average Bonchev–Trinajstić information content (AvgIpc) is 2.30. The smallest absolute Gasteiger partial charge is 0.0232 e. The Bertz CT molecular complexity index is 305. The average molecular weight is 207 g/mol. The predicted octanol–water partition coefficient (Wildman–Crippen LogP) is 3.96. The largest absolute Gasteiger partial charge is 0.274 e. The van der Waals surface area contributed by atoms with Crippen molar-refractivity contribution in [3.63, 3.8) is 0 Å². The molecule has 1 aromatic carbocycles. The molecule has 0 saturated carbocycles. The maximum absolute atomic E-state index is 5.42. The third kappa shape index (κ3) is 3.40. The van der Waals surface area contributed by atoms with E-state index in [1.54, 1.807) is 6.08 Å². The summed E-state index contributed by atoms with van der Waals surface area (Å²) >= 11 is 1.24. The van der Waals surface area contributed by atoms with Crippen molar-refractivity contribution in [2.75, 3.05) is 0 Å². The monoisotopic (exact) mass is 207 g/mol. The topological polar surface area (TPSA) is 26.0 Å². The van der Waals surface area contributed by atoms with Crippen LogP contribution in [-0.2, 0) is 0 Å². The van der Waals surface area contributed by atoms with Gasteiger partial charge in [0.1, 0.15) is 0 Å². The molecule has 0 spiro atoms. The van der Waals surface area contributed by atoms with Gasteiger partial charge in [0.25, 0.3) is 0 Å². The van der Waals surface area contributed by atoms with Crippen LogP contribution in [0, 0.1) is 0 Å². The molecule has 0 saturated heterocycles. The van der Waals surface area contributed by atoms with Gasteiger partial charge < -0.3 is 0 Å². The first-order valence-electron chi connectivity index (χ1n) is 4.57. The van der Waals surface area contributed by atoms with Crippen molar-refractivity contribution in [3.05, 3.63) is 42.5 Å². The molecule has 2 heteroatoms. The van der Waals surface area contributed by atoms with E-state index in [2.05, 4.69) is 13.2 Å². The molecule has 0 unspecified atom stereocenters. The van der Waals surface area contributed by atoms with Gasteiger partial charge in [0.15, 0.2) is 0 Å². The highest BCUT2D eigenvalue weighted by atomic mass is 32.2. The number of benzene rings is 1. The van der Waals surface area contributed by atoms with Gasteiger partial charge in [0, 0.05) is 4.90 Å². The summed E-state index contributed by atoms with van der Waals surface area (Å²) in [5.41, 5.74) is 2.16. The number of rotatable bonds is 3. The zero-order valence-corrected chi connectivity index (χ0v) is 9.60. The van der Waals surface area contributed by atoms with E-state index in [1.165, 1.54) is 11.9 Å². The Hall–Kier alpha value is -0.990. The first-order chi connectivity index (χ1) is 6.81. The zero-order valence-electron chi connectivity index (χ0n) is 8.79. The maximum atomic E-state index is 5.42. The lowest BCUT2D eigenvalue weighted by atomic mass is 10.1. The standard InChI is InChI=1S/C10H11NS.C2H6/c1-3-8-5-6-10(12-11)7-9(8)4-2;1-2/h3-7H,1-2,11H2;1-2H3. The van der Waals surface area contributed by atoms with Gasteiger partial charge in [-0.3, -0.25) is 5.14 Å². The Kier molecular flexibility index (Phi) is 6.89. The van der Waals surface area contributed by atoms with E-state index in [9.17, 15) is 0 Å².